The topological polar surface area (TPSA) is 38.3 Å². The van der Waals surface area contributed by atoms with Crippen LogP contribution in [0, 0.1) is 6.92 Å². The molecule has 112 valence electrons. The fourth-order valence-electron chi connectivity index (χ4n) is 1.78. The van der Waals surface area contributed by atoms with Gasteiger partial charge < -0.3 is 10.1 Å². The van der Waals surface area contributed by atoms with Crippen LogP contribution in [0.3, 0.4) is 0 Å². The van der Waals surface area contributed by atoms with E-state index < -0.39 is 0 Å². The van der Waals surface area contributed by atoms with Crippen LogP contribution < -0.4 is 10.1 Å². The van der Waals surface area contributed by atoms with Crippen LogP contribution in [0.5, 0.6) is 5.75 Å². The lowest BCUT2D eigenvalue weighted by Crippen LogP contribution is -2.14. The molecule has 3 nitrogen and oxygen atoms in total. The molecule has 0 aliphatic rings. The summed E-state index contributed by atoms with van der Waals surface area (Å²) in [4.78, 5) is 13.1. The summed E-state index contributed by atoms with van der Waals surface area (Å²) in [7, 11) is 1.59. The molecule has 0 fully saturated rings. The SMILES string of the molecule is COc1ccc(C)cc1NC(=O)CSCc1ccc(Cl)s1. The fourth-order valence-corrected chi connectivity index (χ4v) is 3.81. The quantitative estimate of drug-likeness (QED) is 0.835. The van der Waals surface area contributed by atoms with Gasteiger partial charge in [0.25, 0.3) is 0 Å². The molecule has 0 atom stereocenters. The third-order valence-electron chi connectivity index (χ3n) is 2.74. The first-order valence-corrected chi connectivity index (χ1v) is 8.70. The van der Waals surface area contributed by atoms with Crippen LogP contribution in [0.2, 0.25) is 4.34 Å². The molecule has 0 radical (unpaired) electrons. The van der Waals surface area contributed by atoms with Gasteiger partial charge in [-0.15, -0.1) is 23.1 Å². The van der Waals surface area contributed by atoms with Crippen molar-refractivity contribution in [1.82, 2.24) is 0 Å². The van der Waals surface area contributed by atoms with Crippen molar-refractivity contribution in [2.24, 2.45) is 0 Å². The maximum atomic E-state index is 12.0. The van der Waals surface area contributed by atoms with Gasteiger partial charge in [0.05, 0.1) is 22.9 Å². The van der Waals surface area contributed by atoms with E-state index in [2.05, 4.69) is 5.32 Å². The summed E-state index contributed by atoms with van der Waals surface area (Å²) in [5.74, 6) is 1.82. The molecule has 1 aromatic carbocycles. The van der Waals surface area contributed by atoms with Gasteiger partial charge in [-0.3, -0.25) is 4.79 Å². The van der Waals surface area contributed by atoms with E-state index in [0.29, 0.717) is 17.2 Å². The highest BCUT2D eigenvalue weighted by Gasteiger charge is 2.08. The summed E-state index contributed by atoms with van der Waals surface area (Å²) in [6.07, 6.45) is 0. The Morgan fingerprint density at radius 1 is 1.38 bits per heavy atom. The zero-order valence-electron chi connectivity index (χ0n) is 11.8. The van der Waals surface area contributed by atoms with Gasteiger partial charge in [0.15, 0.2) is 0 Å². The number of ether oxygens (including phenoxy) is 1. The highest BCUT2D eigenvalue weighted by molar-refractivity contribution is 7.99. The summed E-state index contributed by atoms with van der Waals surface area (Å²) < 4.78 is 6.02. The predicted molar refractivity (Wildman–Crippen MR) is 91.9 cm³/mol. The smallest absolute Gasteiger partial charge is 0.234 e. The number of hydrogen-bond acceptors (Lipinski definition) is 4. The van der Waals surface area contributed by atoms with E-state index in [0.717, 1.165) is 15.7 Å². The standard InChI is InChI=1S/C15H16ClNO2S2/c1-10-3-5-13(19-2)12(7-10)17-15(18)9-20-8-11-4-6-14(16)21-11/h3-7H,8-9H2,1-2H3,(H,17,18). The van der Waals surface area contributed by atoms with Crippen LogP contribution in [0.4, 0.5) is 5.69 Å². The predicted octanol–water partition coefficient (Wildman–Crippen LogP) is 4.59. The maximum Gasteiger partial charge on any atom is 0.234 e. The number of anilines is 1. The molecule has 0 spiro atoms. The Balaban J connectivity index is 1.85. The van der Waals surface area contributed by atoms with Crippen molar-refractivity contribution >= 4 is 46.3 Å². The average Bonchev–Trinajstić information content (AvgIpc) is 2.85. The molecule has 0 saturated heterocycles. The van der Waals surface area contributed by atoms with Crippen molar-refractivity contribution in [2.75, 3.05) is 18.2 Å². The third-order valence-corrected chi connectivity index (χ3v) is 5.13. The number of amides is 1. The number of halogens is 1. The van der Waals surface area contributed by atoms with Gasteiger partial charge in [-0.2, -0.15) is 0 Å². The zero-order chi connectivity index (χ0) is 15.2. The molecule has 1 aromatic heterocycles. The largest absolute Gasteiger partial charge is 0.495 e. The number of carbonyl (C=O) groups excluding carboxylic acids is 1. The van der Waals surface area contributed by atoms with E-state index in [1.807, 2.05) is 37.3 Å². The minimum atomic E-state index is -0.0356. The summed E-state index contributed by atoms with van der Waals surface area (Å²) in [5, 5.41) is 2.89. The molecule has 0 bridgehead atoms. The minimum absolute atomic E-state index is 0.0356. The average molecular weight is 342 g/mol. The molecule has 6 heteroatoms. The molecule has 0 unspecified atom stereocenters. The van der Waals surface area contributed by atoms with Crippen molar-refractivity contribution in [3.05, 3.63) is 45.1 Å². The molecule has 0 aliphatic heterocycles. The third kappa shape index (κ3) is 4.95. The molecule has 0 saturated carbocycles. The number of hydrogen-bond donors (Lipinski definition) is 1. The summed E-state index contributed by atoms with van der Waals surface area (Å²) in [6, 6.07) is 9.57. The number of thiophene rings is 1. The van der Waals surface area contributed by atoms with Gasteiger partial charge in [0.2, 0.25) is 5.91 Å². The number of thioether (sulfide) groups is 1. The van der Waals surface area contributed by atoms with Crippen molar-refractivity contribution in [3.8, 4) is 5.75 Å². The minimum Gasteiger partial charge on any atom is -0.495 e. The lowest BCUT2D eigenvalue weighted by molar-refractivity contribution is -0.113. The number of carbonyl (C=O) groups is 1. The first-order valence-electron chi connectivity index (χ1n) is 6.35. The first-order chi connectivity index (χ1) is 10.1. The van der Waals surface area contributed by atoms with Gasteiger partial charge in [-0.25, -0.2) is 0 Å². The summed E-state index contributed by atoms with van der Waals surface area (Å²) in [5.41, 5.74) is 1.79. The lowest BCUT2D eigenvalue weighted by atomic mass is 10.2. The van der Waals surface area contributed by atoms with Gasteiger partial charge >= 0.3 is 0 Å². The number of aryl methyl sites for hydroxylation is 1. The van der Waals surface area contributed by atoms with E-state index in [1.165, 1.54) is 4.88 Å². The molecule has 2 aromatic rings. The number of nitrogens with one attached hydrogen (secondary N) is 1. The highest BCUT2D eigenvalue weighted by atomic mass is 35.5. The Kier molecular flexibility index (Phi) is 5.96. The molecule has 1 N–H and O–H groups in total. The molecule has 2 rings (SSSR count). The van der Waals surface area contributed by atoms with E-state index in [9.17, 15) is 4.79 Å². The van der Waals surface area contributed by atoms with Crippen molar-refractivity contribution in [3.63, 3.8) is 0 Å². The molecule has 1 heterocycles. The monoisotopic (exact) mass is 341 g/mol. The van der Waals surface area contributed by atoms with Crippen LogP contribution in [-0.2, 0) is 10.5 Å². The second-order valence-corrected chi connectivity index (χ2v) is 7.24. The van der Waals surface area contributed by atoms with Crippen molar-refractivity contribution < 1.29 is 9.53 Å². The maximum absolute atomic E-state index is 12.0. The Bertz CT molecular complexity index is 628. The molecule has 1 amide bonds. The zero-order valence-corrected chi connectivity index (χ0v) is 14.2. The highest BCUT2D eigenvalue weighted by Crippen LogP contribution is 2.27. The Labute approximate surface area is 137 Å². The van der Waals surface area contributed by atoms with Gasteiger partial charge in [0.1, 0.15) is 5.75 Å². The van der Waals surface area contributed by atoms with E-state index in [4.69, 9.17) is 16.3 Å². The number of benzene rings is 1. The molecule has 21 heavy (non-hydrogen) atoms. The van der Waals surface area contributed by atoms with Crippen molar-refractivity contribution in [1.29, 1.82) is 0 Å². The van der Waals surface area contributed by atoms with Crippen LogP contribution in [-0.4, -0.2) is 18.8 Å². The molecular formula is C15H16ClNO2S2. The van der Waals surface area contributed by atoms with E-state index in [-0.39, 0.29) is 5.91 Å². The normalized spacial score (nSPS) is 10.4. The van der Waals surface area contributed by atoms with Crippen molar-refractivity contribution in [2.45, 2.75) is 12.7 Å². The first kappa shape index (κ1) is 16.2. The Morgan fingerprint density at radius 3 is 2.86 bits per heavy atom. The van der Waals surface area contributed by atoms with Gasteiger partial charge in [-0.1, -0.05) is 17.7 Å². The van der Waals surface area contributed by atoms with E-state index >= 15 is 0 Å². The van der Waals surface area contributed by atoms with E-state index in [1.54, 1.807) is 30.2 Å². The Hall–Kier alpha value is -1.17. The second kappa shape index (κ2) is 7.73. The summed E-state index contributed by atoms with van der Waals surface area (Å²) in [6.45, 7) is 1.98. The second-order valence-electron chi connectivity index (χ2n) is 4.45. The molecular weight excluding hydrogens is 326 g/mol. The van der Waals surface area contributed by atoms with Crippen LogP contribution >= 0.6 is 34.7 Å². The number of rotatable bonds is 6. The Morgan fingerprint density at radius 2 is 2.19 bits per heavy atom. The number of methoxy groups -OCH3 is 1. The van der Waals surface area contributed by atoms with Gasteiger partial charge in [-0.05, 0) is 36.8 Å². The van der Waals surface area contributed by atoms with Gasteiger partial charge in [0, 0.05) is 10.6 Å². The van der Waals surface area contributed by atoms with Crippen LogP contribution in [0.25, 0.3) is 0 Å². The van der Waals surface area contributed by atoms with Crippen LogP contribution in [0.15, 0.2) is 30.3 Å². The summed E-state index contributed by atoms with van der Waals surface area (Å²) >= 11 is 8.98. The fraction of sp³-hybridized carbons (Fsp3) is 0.267. The molecule has 0 aliphatic carbocycles. The van der Waals surface area contributed by atoms with Crippen LogP contribution in [0.1, 0.15) is 10.4 Å². The lowest BCUT2D eigenvalue weighted by Gasteiger charge is -2.10.